The summed E-state index contributed by atoms with van der Waals surface area (Å²) in [4.78, 5) is 0. The van der Waals surface area contributed by atoms with E-state index >= 15 is 0 Å². The number of rotatable bonds is 3. The maximum atomic E-state index is 5.93. The lowest BCUT2D eigenvalue weighted by molar-refractivity contribution is 0.132. The highest BCUT2D eigenvalue weighted by molar-refractivity contribution is 5.33. The van der Waals surface area contributed by atoms with Gasteiger partial charge in [-0.05, 0) is 67.9 Å². The summed E-state index contributed by atoms with van der Waals surface area (Å²) in [5, 5.41) is 0. The Hall–Kier alpha value is -0.860. The molecule has 0 aliphatic heterocycles. The molecule has 1 aromatic carbocycles. The van der Waals surface area contributed by atoms with Crippen molar-refractivity contribution in [3.63, 3.8) is 0 Å². The van der Waals surface area contributed by atoms with Gasteiger partial charge in [0.05, 0.1) is 0 Å². The molecule has 2 nitrogen and oxygen atoms in total. The minimum Gasteiger partial charge on any atom is -0.271 e. The first-order valence-electron chi connectivity index (χ1n) is 8.36. The van der Waals surface area contributed by atoms with Gasteiger partial charge in [0.15, 0.2) is 0 Å². The van der Waals surface area contributed by atoms with Gasteiger partial charge in [0.25, 0.3) is 0 Å². The fourth-order valence-corrected chi connectivity index (χ4v) is 3.89. The van der Waals surface area contributed by atoms with Crippen LogP contribution in [0.4, 0.5) is 0 Å². The van der Waals surface area contributed by atoms with Crippen molar-refractivity contribution in [3.8, 4) is 0 Å². The molecule has 0 aromatic heterocycles. The van der Waals surface area contributed by atoms with Gasteiger partial charge in [0.1, 0.15) is 0 Å². The molecule has 0 spiro atoms. The van der Waals surface area contributed by atoms with E-state index in [-0.39, 0.29) is 0 Å². The van der Waals surface area contributed by atoms with E-state index in [2.05, 4.69) is 58.2 Å². The lowest BCUT2D eigenvalue weighted by atomic mass is 9.68. The Morgan fingerprint density at radius 2 is 1.71 bits per heavy atom. The molecule has 2 heteroatoms. The van der Waals surface area contributed by atoms with Crippen LogP contribution in [-0.2, 0) is 0 Å². The average Bonchev–Trinajstić information content (AvgIpc) is 2.43. The second-order valence-corrected chi connectivity index (χ2v) is 7.98. The van der Waals surface area contributed by atoms with Gasteiger partial charge in [-0.2, -0.15) is 0 Å². The maximum absolute atomic E-state index is 5.93. The quantitative estimate of drug-likeness (QED) is 0.627. The van der Waals surface area contributed by atoms with Gasteiger partial charge >= 0.3 is 0 Å². The van der Waals surface area contributed by atoms with Gasteiger partial charge < -0.3 is 0 Å². The molecule has 1 aromatic rings. The van der Waals surface area contributed by atoms with Crippen molar-refractivity contribution in [2.45, 2.75) is 66.3 Å². The van der Waals surface area contributed by atoms with Crippen LogP contribution in [0.5, 0.6) is 0 Å². The van der Waals surface area contributed by atoms with Gasteiger partial charge in [0, 0.05) is 6.04 Å². The zero-order valence-electron chi connectivity index (χ0n) is 14.4. The summed E-state index contributed by atoms with van der Waals surface area (Å²) in [6, 6.07) is 7.00. The van der Waals surface area contributed by atoms with E-state index in [9.17, 15) is 0 Å². The first-order valence-corrected chi connectivity index (χ1v) is 8.36. The van der Waals surface area contributed by atoms with Crippen LogP contribution in [0, 0.1) is 31.1 Å². The molecule has 0 saturated heterocycles. The third-order valence-electron chi connectivity index (χ3n) is 5.42. The van der Waals surface area contributed by atoms with E-state index in [0.29, 0.717) is 17.4 Å². The number of hydrazine groups is 1. The molecule has 21 heavy (non-hydrogen) atoms. The zero-order chi connectivity index (χ0) is 15.6. The van der Waals surface area contributed by atoms with E-state index in [0.717, 1.165) is 5.92 Å². The Morgan fingerprint density at radius 3 is 2.24 bits per heavy atom. The molecule has 1 aliphatic rings. The normalized spacial score (nSPS) is 24.9. The zero-order valence-corrected chi connectivity index (χ0v) is 14.4. The van der Waals surface area contributed by atoms with E-state index in [1.54, 1.807) is 0 Å². The number of aryl methyl sites for hydroxylation is 2. The first-order chi connectivity index (χ1) is 9.82. The van der Waals surface area contributed by atoms with E-state index < -0.39 is 0 Å². The number of hydrogen-bond acceptors (Lipinski definition) is 2. The second kappa shape index (κ2) is 6.50. The summed E-state index contributed by atoms with van der Waals surface area (Å²) in [6.07, 6.45) is 5.22. The highest BCUT2D eigenvalue weighted by Crippen LogP contribution is 2.43. The molecule has 0 bridgehead atoms. The molecule has 0 radical (unpaired) electrons. The molecule has 2 rings (SSSR count). The van der Waals surface area contributed by atoms with Crippen LogP contribution in [0.1, 0.15) is 69.2 Å². The monoisotopic (exact) mass is 288 g/mol. The third-order valence-corrected chi connectivity index (χ3v) is 5.42. The molecule has 1 aliphatic carbocycles. The number of nitrogens with two attached hydrogens (primary N) is 1. The summed E-state index contributed by atoms with van der Waals surface area (Å²) < 4.78 is 0. The lowest BCUT2D eigenvalue weighted by Crippen LogP contribution is -2.37. The van der Waals surface area contributed by atoms with Crippen LogP contribution in [0.2, 0.25) is 0 Å². The van der Waals surface area contributed by atoms with Crippen LogP contribution >= 0.6 is 0 Å². The third kappa shape index (κ3) is 3.87. The fourth-order valence-electron chi connectivity index (χ4n) is 3.89. The minimum absolute atomic E-state index is 0.297. The van der Waals surface area contributed by atoms with Crippen LogP contribution in [0.3, 0.4) is 0 Å². The Balaban J connectivity index is 2.11. The highest BCUT2D eigenvalue weighted by atomic mass is 15.2. The summed E-state index contributed by atoms with van der Waals surface area (Å²) >= 11 is 0. The van der Waals surface area contributed by atoms with Gasteiger partial charge in [-0.15, -0.1) is 0 Å². The summed E-state index contributed by atoms with van der Waals surface area (Å²) in [6.45, 7) is 11.5. The predicted octanol–water partition coefficient (Wildman–Crippen LogP) is 4.66. The van der Waals surface area contributed by atoms with Crippen molar-refractivity contribution >= 4 is 0 Å². The lowest BCUT2D eigenvalue weighted by Gasteiger charge is -2.39. The predicted molar refractivity (Wildman–Crippen MR) is 90.9 cm³/mol. The molecule has 0 amide bonds. The van der Waals surface area contributed by atoms with Crippen molar-refractivity contribution in [2.24, 2.45) is 23.1 Å². The van der Waals surface area contributed by atoms with E-state index in [4.69, 9.17) is 5.84 Å². The van der Waals surface area contributed by atoms with E-state index in [1.807, 2.05) is 0 Å². The number of nitrogens with one attached hydrogen (secondary N) is 1. The van der Waals surface area contributed by atoms with Crippen LogP contribution in [0.25, 0.3) is 0 Å². The first kappa shape index (κ1) is 16.5. The van der Waals surface area contributed by atoms with Gasteiger partial charge in [-0.25, -0.2) is 0 Å². The Labute approximate surface area is 130 Å². The smallest absolute Gasteiger partial charge is 0.0490 e. The molecule has 1 saturated carbocycles. The van der Waals surface area contributed by atoms with Gasteiger partial charge in [0.2, 0.25) is 0 Å². The van der Waals surface area contributed by atoms with Crippen molar-refractivity contribution < 1.29 is 0 Å². The summed E-state index contributed by atoms with van der Waals surface area (Å²) in [7, 11) is 0. The van der Waals surface area contributed by atoms with Crippen LogP contribution in [-0.4, -0.2) is 0 Å². The fraction of sp³-hybridized carbons (Fsp3) is 0.684. The topological polar surface area (TPSA) is 38.0 Å². The van der Waals surface area contributed by atoms with Crippen LogP contribution < -0.4 is 11.3 Å². The standard InChI is InChI=1S/C19H32N2/c1-13-6-7-14(2)17(12-13)18(21-20)15-8-10-16(11-9-15)19(3,4)5/h6-7,12,15-16,18,21H,8-11,20H2,1-5H3. The molecule has 1 unspecified atom stereocenters. The molecule has 1 fully saturated rings. The molecular weight excluding hydrogens is 256 g/mol. The van der Waals surface area contributed by atoms with Crippen molar-refractivity contribution in [1.29, 1.82) is 0 Å². The molecule has 0 heterocycles. The van der Waals surface area contributed by atoms with Crippen molar-refractivity contribution in [3.05, 3.63) is 34.9 Å². The molecular formula is C19H32N2. The number of hydrogen-bond donors (Lipinski definition) is 2. The van der Waals surface area contributed by atoms with Gasteiger partial charge in [-0.1, -0.05) is 44.5 Å². The second-order valence-electron chi connectivity index (χ2n) is 7.98. The van der Waals surface area contributed by atoms with Gasteiger partial charge in [-0.3, -0.25) is 11.3 Å². The van der Waals surface area contributed by atoms with Crippen molar-refractivity contribution in [1.82, 2.24) is 5.43 Å². The average molecular weight is 288 g/mol. The largest absolute Gasteiger partial charge is 0.271 e. The Kier molecular flexibility index (Phi) is 5.11. The maximum Gasteiger partial charge on any atom is 0.0490 e. The van der Waals surface area contributed by atoms with Crippen LogP contribution in [0.15, 0.2) is 18.2 Å². The molecule has 118 valence electrons. The summed E-state index contributed by atoms with van der Waals surface area (Å²) in [5.41, 5.74) is 7.60. The van der Waals surface area contributed by atoms with E-state index in [1.165, 1.54) is 42.4 Å². The summed E-state index contributed by atoms with van der Waals surface area (Å²) in [5.74, 6) is 7.44. The number of benzene rings is 1. The highest BCUT2D eigenvalue weighted by Gasteiger charge is 2.33. The Bertz CT molecular complexity index is 465. The SMILES string of the molecule is Cc1ccc(C)c(C(NN)C2CCC(C(C)(C)C)CC2)c1. The Morgan fingerprint density at radius 1 is 1.10 bits per heavy atom. The molecule has 1 atom stereocenters. The molecule has 3 N–H and O–H groups in total. The minimum atomic E-state index is 0.297. The van der Waals surface area contributed by atoms with Crippen molar-refractivity contribution in [2.75, 3.05) is 0 Å².